The van der Waals surface area contributed by atoms with Crippen molar-refractivity contribution in [2.75, 3.05) is 0 Å². The molecule has 0 amide bonds. The number of aromatic nitrogens is 4. The van der Waals surface area contributed by atoms with E-state index in [-0.39, 0.29) is 0 Å². The lowest BCUT2D eigenvalue weighted by molar-refractivity contribution is 0.554. The molecule has 0 saturated heterocycles. The standard InChI is InChI=1S/C17H19N5OSi/c1-12-6-5-7-13(16(12)23-24(2,3)4)20-11-15-21-10-14-17(22-15)19-9-8-18-14/h5-11H,1-4H3. The molecule has 0 radical (unpaired) electrons. The summed E-state index contributed by atoms with van der Waals surface area (Å²) in [6, 6.07) is 5.92. The molecule has 6 nitrogen and oxygen atoms in total. The van der Waals surface area contributed by atoms with Crippen LogP contribution in [0.4, 0.5) is 5.69 Å². The van der Waals surface area contributed by atoms with Crippen LogP contribution in [0.25, 0.3) is 11.2 Å². The highest BCUT2D eigenvalue weighted by atomic mass is 28.4. The van der Waals surface area contributed by atoms with E-state index in [0.717, 1.165) is 17.0 Å². The monoisotopic (exact) mass is 337 g/mol. The minimum Gasteiger partial charge on any atom is -0.543 e. The number of rotatable bonds is 4. The summed E-state index contributed by atoms with van der Waals surface area (Å²) in [5.41, 5.74) is 3.06. The van der Waals surface area contributed by atoms with E-state index in [1.165, 1.54) is 0 Å². The van der Waals surface area contributed by atoms with Gasteiger partial charge in [0.25, 0.3) is 0 Å². The summed E-state index contributed by atoms with van der Waals surface area (Å²) < 4.78 is 6.18. The van der Waals surface area contributed by atoms with Gasteiger partial charge in [0.2, 0.25) is 8.32 Å². The van der Waals surface area contributed by atoms with Crippen LogP contribution in [0.3, 0.4) is 0 Å². The first-order chi connectivity index (χ1) is 11.4. The number of hydrogen-bond acceptors (Lipinski definition) is 6. The second-order valence-corrected chi connectivity index (χ2v) is 10.8. The molecule has 122 valence electrons. The van der Waals surface area contributed by atoms with Crippen LogP contribution in [0, 0.1) is 6.92 Å². The Morgan fingerprint density at radius 3 is 2.67 bits per heavy atom. The third-order valence-electron chi connectivity index (χ3n) is 3.16. The normalized spacial score (nSPS) is 12.0. The van der Waals surface area contributed by atoms with Crippen LogP contribution in [0.2, 0.25) is 19.6 Å². The van der Waals surface area contributed by atoms with Gasteiger partial charge in [0.1, 0.15) is 17.0 Å². The van der Waals surface area contributed by atoms with Gasteiger partial charge in [-0.1, -0.05) is 12.1 Å². The van der Waals surface area contributed by atoms with Crippen molar-refractivity contribution in [1.82, 2.24) is 19.9 Å². The Hall–Kier alpha value is -2.67. The Labute approximate surface area is 141 Å². The Kier molecular flexibility index (Phi) is 4.35. The van der Waals surface area contributed by atoms with Crippen molar-refractivity contribution >= 4 is 31.4 Å². The van der Waals surface area contributed by atoms with Crippen LogP contribution in [-0.4, -0.2) is 34.5 Å². The molecule has 0 saturated carbocycles. The molecule has 0 aliphatic carbocycles. The lowest BCUT2D eigenvalue weighted by atomic mass is 10.2. The van der Waals surface area contributed by atoms with Crippen molar-refractivity contribution in [3.63, 3.8) is 0 Å². The molecule has 0 unspecified atom stereocenters. The van der Waals surface area contributed by atoms with Gasteiger partial charge in [-0.05, 0) is 38.2 Å². The summed E-state index contributed by atoms with van der Waals surface area (Å²) in [6.45, 7) is 8.48. The lowest BCUT2D eigenvalue weighted by Crippen LogP contribution is -2.29. The van der Waals surface area contributed by atoms with E-state index < -0.39 is 8.32 Å². The number of benzene rings is 1. The first kappa shape index (κ1) is 16.2. The van der Waals surface area contributed by atoms with Crippen LogP contribution < -0.4 is 4.43 Å². The van der Waals surface area contributed by atoms with Gasteiger partial charge in [-0.2, -0.15) is 0 Å². The lowest BCUT2D eigenvalue weighted by Gasteiger charge is -2.22. The molecule has 3 rings (SSSR count). The van der Waals surface area contributed by atoms with Crippen molar-refractivity contribution in [2.24, 2.45) is 4.99 Å². The molecule has 0 spiro atoms. The molecule has 0 aliphatic rings. The van der Waals surface area contributed by atoms with Gasteiger partial charge in [0.05, 0.1) is 12.4 Å². The number of para-hydroxylation sites is 1. The van der Waals surface area contributed by atoms with Gasteiger partial charge in [0.15, 0.2) is 11.5 Å². The summed E-state index contributed by atoms with van der Waals surface area (Å²) in [5, 5.41) is 0. The molecule has 2 aromatic heterocycles. The molecule has 3 aromatic rings. The second kappa shape index (κ2) is 6.44. The largest absolute Gasteiger partial charge is 0.543 e. The third-order valence-corrected chi connectivity index (χ3v) is 3.98. The predicted octanol–water partition coefficient (Wildman–Crippen LogP) is 3.69. The van der Waals surface area contributed by atoms with Gasteiger partial charge in [0, 0.05) is 12.4 Å². The minimum atomic E-state index is -1.73. The van der Waals surface area contributed by atoms with E-state index in [9.17, 15) is 0 Å². The van der Waals surface area contributed by atoms with E-state index in [0.29, 0.717) is 17.0 Å². The van der Waals surface area contributed by atoms with Crippen LogP contribution in [0.5, 0.6) is 5.75 Å². The van der Waals surface area contributed by atoms with Crippen LogP contribution in [0.15, 0.2) is 41.8 Å². The molecule has 7 heteroatoms. The molecule has 0 atom stereocenters. The summed E-state index contributed by atoms with van der Waals surface area (Å²) in [5.74, 6) is 1.32. The highest BCUT2D eigenvalue weighted by Crippen LogP contribution is 2.32. The topological polar surface area (TPSA) is 73.2 Å². The molecule has 24 heavy (non-hydrogen) atoms. The number of nitrogens with zero attached hydrogens (tertiary/aromatic N) is 5. The van der Waals surface area contributed by atoms with Gasteiger partial charge in [-0.15, -0.1) is 0 Å². The van der Waals surface area contributed by atoms with E-state index in [1.807, 2.05) is 25.1 Å². The summed E-state index contributed by atoms with van der Waals surface area (Å²) in [6.07, 6.45) is 6.50. The summed E-state index contributed by atoms with van der Waals surface area (Å²) >= 11 is 0. The van der Waals surface area contributed by atoms with Crippen molar-refractivity contribution < 1.29 is 4.43 Å². The maximum atomic E-state index is 6.18. The van der Waals surface area contributed by atoms with Gasteiger partial charge in [-0.3, -0.25) is 0 Å². The summed E-state index contributed by atoms with van der Waals surface area (Å²) in [4.78, 5) is 21.5. The number of aryl methyl sites for hydroxylation is 1. The fourth-order valence-electron chi connectivity index (χ4n) is 2.15. The predicted molar refractivity (Wildman–Crippen MR) is 97.5 cm³/mol. The molecule has 0 bridgehead atoms. The van der Waals surface area contributed by atoms with Crippen molar-refractivity contribution in [2.45, 2.75) is 26.6 Å². The SMILES string of the molecule is Cc1cccc(N=Cc2ncc3nccnc3n2)c1O[Si](C)(C)C. The number of aliphatic imine (C=N–C) groups is 1. The zero-order valence-electron chi connectivity index (χ0n) is 14.2. The zero-order chi connectivity index (χ0) is 17.2. The number of hydrogen-bond donors (Lipinski definition) is 0. The van der Waals surface area contributed by atoms with E-state index >= 15 is 0 Å². The highest BCUT2D eigenvalue weighted by molar-refractivity contribution is 6.70. The van der Waals surface area contributed by atoms with Crippen LogP contribution in [-0.2, 0) is 0 Å². The molecule has 0 fully saturated rings. The molecular weight excluding hydrogens is 318 g/mol. The van der Waals surface area contributed by atoms with Crippen LogP contribution in [0.1, 0.15) is 11.4 Å². The third kappa shape index (κ3) is 3.80. The van der Waals surface area contributed by atoms with E-state index in [2.05, 4.69) is 44.6 Å². The van der Waals surface area contributed by atoms with Gasteiger partial charge < -0.3 is 4.43 Å². The van der Waals surface area contributed by atoms with Crippen molar-refractivity contribution in [3.05, 3.63) is 48.2 Å². The Morgan fingerprint density at radius 2 is 1.88 bits per heavy atom. The molecular formula is C17H19N5OSi. The smallest absolute Gasteiger partial charge is 0.242 e. The molecule has 1 aromatic carbocycles. The molecule has 0 aliphatic heterocycles. The Morgan fingerprint density at radius 1 is 1.08 bits per heavy atom. The Bertz CT molecular complexity index is 905. The minimum absolute atomic E-state index is 0.489. The number of fused-ring (bicyclic) bond motifs is 1. The summed E-state index contributed by atoms with van der Waals surface area (Å²) in [7, 11) is -1.73. The maximum Gasteiger partial charge on any atom is 0.242 e. The fourth-order valence-corrected chi connectivity index (χ4v) is 3.03. The van der Waals surface area contributed by atoms with E-state index in [1.54, 1.807) is 24.8 Å². The molecule has 2 heterocycles. The average Bonchev–Trinajstić information content (AvgIpc) is 2.54. The van der Waals surface area contributed by atoms with Gasteiger partial charge in [-0.25, -0.2) is 24.9 Å². The molecule has 0 N–H and O–H groups in total. The Balaban J connectivity index is 1.94. The van der Waals surface area contributed by atoms with Crippen molar-refractivity contribution in [3.8, 4) is 5.75 Å². The fraction of sp³-hybridized carbons (Fsp3) is 0.235. The van der Waals surface area contributed by atoms with Crippen molar-refractivity contribution in [1.29, 1.82) is 0 Å². The first-order valence-corrected chi connectivity index (χ1v) is 11.1. The highest BCUT2D eigenvalue weighted by Gasteiger charge is 2.19. The zero-order valence-corrected chi connectivity index (χ0v) is 15.2. The van der Waals surface area contributed by atoms with Gasteiger partial charge >= 0.3 is 0 Å². The quantitative estimate of drug-likeness (QED) is 0.536. The first-order valence-electron chi connectivity index (χ1n) is 7.69. The maximum absolute atomic E-state index is 6.18. The van der Waals surface area contributed by atoms with E-state index in [4.69, 9.17) is 4.43 Å². The second-order valence-electron chi connectivity index (χ2n) is 6.39. The van der Waals surface area contributed by atoms with Crippen LogP contribution >= 0.6 is 0 Å². The average molecular weight is 337 g/mol.